The molecule has 74 valence electrons. The van der Waals surface area contributed by atoms with Gasteiger partial charge >= 0.3 is 5.97 Å². The normalized spacial score (nSPS) is 10.7. The van der Waals surface area contributed by atoms with Gasteiger partial charge in [0.05, 0.1) is 16.8 Å². The Morgan fingerprint density at radius 2 is 2.50 bits per heavy atom. The molecule has 0 fully saturated rings. The maximum absolute atomic E-state index is 13.0. The molecule has 1 N–H and O–H groups in total. The van der Waals surface area contributed by atoms with Gasteiger partial charge in [-0.2, -0.15) is 0 Å². The van der Waals surface area contributed by atoms with Crippen LogP contribution in [0.1, 0.15) is 17.4 Å². The van der Waals surface area contributed by atoms with Crippen molar-refractivity contribution in [3.8, 4) is 0 Å². The van der Waals surface area contributed by atoms with E-state index in [4.69, 9.17) is 4.74 Å². The van der Waals surface area contributed by atoms with Crippen molar-refractivity contribution in [1.82, 2.24) is 4.98 Å². The molecule has 0 aromatic carbocycles. The van der Waals surface area contributed by atoms with E-state index in [0.29, 0.717) is 17.8 Å². The van der Waals surface area contributed by atoms with E-state index >= 15 is 0 Å². The minimum absolute atomic E-state index is 0.299. The van der Waals surface area contributed by atoms with Gasteiger partial charge in [-0.15, -0.1) is 11.3 Å². The third-order valence-corrected chi connectivity index (χ3v) is 2.71. The van der Waals surface area contributed by atoms with Crippen molar-refractivity contribution in [2.45, 2.75) is 6.92 Å². The summed E-state index contributed by atoms with van der Waals surface area (Å²) < 4.78 is 18.5. The highest BCUT2D eigenvalue weighted by molar-refractivity contribution is 7.17. The maximum Gasteiger partial charge on any atom is 0.354 e. The van der Waals surface area contributed by atoms with Crippen LogP contribution in [0, 0.1) is 5.82 Å². The third-order valence-electron chi connectivity index (χ3n) is 1.81. The number of nitrogens with one attached hydrogen (secondary N) is 1. The molecule has 0 atom stereocenters. The lowest BCUT2D eigenvalue weighted by molar-refractivity contribution is 0.0520. The highest BCUT2D eigenvalue weighted by Crippen LogP contribution is 2.25. The largest absolute Gasteiger partial charge is 0.461 e. The molecule has 2 aromatic rings. The first-order chi connectivity index (χ1) is 6.72. The first-order valence-corrected chi connectivity index (χ1v) is 5.03. The zero-order chi connectivity index (χ0) is 10.1. The van der Waals surface area contributed by atoms with Crippen LogP contribution in [0.25, 0.3) is 10.2 Å². The van der Waals surface area contributed by atoms with E-state index in [1.165, 1.54) is 16.7 Å². The molecular weight excluding hydrogens is 205 g/mol. The van der Waals surface area contributed by atoms with Crippen molar-refractivity contribution in [2.24, 2.45) is 0 Å². The van der Waals surface area contributed by atoms with Gasteiger partial charge in [-0.1, -0.05) is 0 Å². The average molecular weight is 213 g/mol. The second kappa shape index (κ2) is 3.42. The second-order valence-electron chi connectivity index (χ2n) is 2.73. The molecule has 0 radical (unpaired) electrons. The summed E-state index contributed by atoms with van der Waals surface area (Å²) in [7, 11) is 0. The predicted molar refractivity (Wildman–Crippen MR) is 52.1 cm³/mol. The lowest BCUT2D eigenvalue weighted by Gasteiger charge is -1.96. The SMILES string of the molecule is CCOC(=O)c1cc2scc(F)c2[nH]1. The van der Waals surface area contributed by atoms with Gasteiger partial charge in [0.2, 0.25) is 0 Å². The highest BCUT2D eigenvalue weighted by atomic mass is 32.1. The van der Waals surface area contributed by atoms with Crippen LogP contribution in [-0.2, 0) is 4.74 Å². The molecule has 3 nitrogen and oxygen atoms in total. The number of aromatic amines is 1. The van der Waals surface area contributed by atoms with Crippen LogP contribution in [0.4, 0.5) is 4.39 Å². The molecule has 0 saturated carbocycles. The number of fused-ring (bicyclic) bond motifs is 1. The van der Waals surface area contributed by atoms with Gasteiger partial charge in [-0.3, -0.25) is 0 Å². The molecule has 2 aromatic heterocycles. The van der Waals surface area contributed by atoms with E-state index in [0.717, 1.165) is 4.70 Å². The van der Waals surface area contributed by atoms with Gasteiger partial charge in [-0.05, 0) is 13.0 Å². The quantitative estimate of drug-likeness (QED) is 0.779. The molecule has 0 aliphatic rings. The number of aromatic nitrogens is 1. The summed E-state index contributed by atoms with van der Waals surface area (Å²) >= 11 is 1.26. The number of esters is 1. The van der Waals surface area contributed by atoms with E-state index in [2.05, 4.69) is 4.98 Å². The summed E-state index contributed by atoms with van der Waals surface area (Å²) in [6.07, 6.45) is 0. The molecule has 14 heavy (non-hydrogen) atoms. The molecule has 5 heteroatoms. The molecular formula is C9H8FNO2S. The van der Waals surface area contributed by atoms with E-state index in [-0.39, 0.29) is 5.82 Å². The fraction of sp³-hybridized carbons (Fsp3) is 0.222. The Bertz CT molecular complexity index is 474. The third kappa shape index (κ3) is 1.39. The van der Waals surface area contributed by atoms with Crippen molar-refractivity contribution >= 4 is 27.5 Å². The number of rotatable bonds is 2. The van der Waals surface area contributed by atoms with Crippen LogP contribution in [0.3, 0.4) is 0 Å². The topological polar surface area (TPSA) is 42.1 Å². The van der Waals surface area contributed by atoms with Crippen molar-refractivity contribution in [3.63, 3.8) is 0 Å². The average Bonchev–Trinajstić information content (AvgIpc) is 2.69. The number of carbonyl (C=O) groups is 1. The zero-order valence-corrected chi connectivity index (χ0v) is 8.28. The maximum atomic E-state index is 13.0. The van der Waals surface area contributed by atoms with Crippen LogP contribution in [-0.4, -0.2) is 17.6 Å². The van der Waals surface area contributed by atoms with Gasteiger partial charge in [0.25, 0.3) is 0 Å². The zero-order valence-electron chi connectivity index (χ0n) is 7.46. The monoisotopic (exact) mass is 213 g/mol. The van der Waals surface area contributed by atoms with Crippen molar-refractivity contribution in [2.75, 3.05) is 6.61 Å². The van der Waals surface area contributed by atoms with Gasteiger partial charge in [-0.25, -0.2) is 9.18 Å². The van der Waals surface area contributed by atoms with Crippen LogP contribution in [0.15, 0.2) is 11.4 Å². The number of carbonyl (C=O) groups excluding carboxylic acids is 1. The van der Waals surface area contributed by atoms with Crippen LogP contribution < -0.4 is 0 Å². The smallest absolute Gasteiger partial charge is 0.354 e. The highest BCUT2D eigenvalue weighted by Gasteiger charge is 2.13. The molecule has 0 unspecified atom stereocenters. The number of halogens is 1. The number of H-pyrrole nitrogens is 1. The number of thiophene rings is 1. The summed E-state index contributed by atoms with van der Waals surface area (Å²) in [6, 6.07) is 1.60. The van der Waals surface area contributed by atoms with Crippen molar-refractivity contribution in [1.29, 1.82) is 0 Å². The number of ether oxygens (including phenoxy) is 1. The number of hydrogen-bond acceptors (Lipinski definition) is 3. The first kappa shape index (κ1) is 9.21. The Hall–Kier alpha value is -1.36. The summed E-state index contributed by atoms with van der Waals surface area (Å²) in [4.78, 5) is 13.9. The molecule has 0 aliphatic heterocycles. The lowest BCUT2D eigenvalue weighted by Crippen LogP contribution is -2.04. The molecule has 2 rings (SSSR count). The fourth-order valence-corrected chi connectivity index (χ4v) is 2.00. The Kier molecular flexibility index (Phi) is 2.25. The van der Waals surface area contributed by atoms with Gasteiger partial charge in [0.15, 0.2) is 5.82 Å². The molecule has 0 aliphatic carbocycles. The summed E-state index contributed by atoms with van der Waals surface area (Å²) in [5, 5.41) is 1.40. The van der Waals surface area contributed by atoms with E-state index in [1.807, 2.05) is 0 Å². The minimum Gasteiger partial charge on any atom is -0.461 e. The molecule has 0 bridgehead atoms. The van der Waals surface area contributed by atoms with Gasteiger partial charge < -0.3 is 9.72 Å². The summed E-state index contributed by atoms with van der Waals surface area (Å²) in [5.74, 6) is -0.782. The fourth-order valence-electron chi connectivity index (χ4n) is 1.20. The van der Waals surface area contributed by atoms with Gasteiger partial charge in [0.1, 0.15) is 5.69 Å². The standard InChI is InChI=1S/C9H8FNO2S/c1-2-13-9(12)6-3-7-8(11-6)5(10)4-14-7/h3-4,11H,2H2,1H3. The van der Waals surface area contributed by atoms with Crippen LogP contribution in [0.2, 0.25) is 0 Å². The summed E-state index contributed by atoms with van der Waals surface area (Å²) in [5.41, 5.74) is 0.672. The predicted octanol–water partition coefficient (Wildman–Crippen LogP) is 2.55. The van der Waals surface area contributed by atoms with E-state index in [9.17, 15) is 9.18 Å². The van der Waals surface area contributed by atoms with E-state index < -0.39 is 5.97 Å². The van der Waals surface area contributed by atoms with Gasteiger partial charge in [0, 0.05) is 5.38 Å². The summed E-state index contributed by atoms with van der Waals surface area (Å²) in [6.45, 7) is 2.04. The van der Waals surface area contributed by atoms with Crippen molar-refractivity contribution in [3.05, 3.63) is 23.0 Å². The first-order valence-electron chi connectivity index (χ1n) is 4.15. The lowest BCUT2D eigenvalue weighted by atomic mass is 10.4. The minimum atomic E-state index is -0.449. The molecule has 0 amide bonds. The Labute approximate surface area is 83.5 Å². The molecule has 0 spiro atoms. The Morgan fingerprint density at radius 3 is 3.14 bits per heavy atom. The second-order valence-corrected chi connectivity index (χ2v) is 3.64. The van der Waals surface area contributed by atoms with Crippen LogP contribution >= 0.6 is 11.3 Å². The number of hydrogen-bond donors (Lipinski definition) is 1. The molecule has 0 saturated heterocycles. The Balaban J connectivity index is 2.40. The molecule has 2 heterocycles. The van der Waals surface area contributed by atoms with Crippen molar-refractivity contribution < 1.29 is 13.9 Å². The van der Waals surface area contributed by atoms with E-state index in [1.54, 1.807) is 13.0 Å². The Morgan fingerprint density at radius 1 is 1.71 bits per heavy atom. The van der Waals surface area contributed by atoms with Crippen LogP contribution in [0.5, 0.6) is 0 Å².